The van der Waals surface area contributed by atoms with Gasteiger partial charge < -0.3 is 14.7 Å². The summed E-state index contributed by atoms with van der Waals surface area (Å²) in [6, 6.07) is 10.2. The molecule has 2 aromatic carbocycles. The lowest BCUT2D eigenvalue weighted by Crippen LogP contribution is -2.59. The van der Waals surface area contributed by atoms with Gasteiger partial charge in [0.05, 0.1) is 27.3 Å². The molecule has 3 aromatic rings. The third-order valence-corrected chi connectivity index (χ3v) is 8.77. The van der Waals surface area contributed by atoms with Crippen LogP contribution in [0, 0.1) is 5.41 Å². The Kier molecular flexibility index (Phi) is 7.95. The Balaban J connectivity index is 1.27. The highest BCUT2D eigenvalue weighted by Gasteiger charge is 2.64. The summed E-state index contributed by atoms with van der Waals surface area (Å²) in [5.74, 6) is -1.14. The molecule has 0 bridgehead atoms. The van der Waals surface area contributed by atoms with Gasteiger partial charge in [0.1, 0.15) is 12.0 Å². The van der Waals surface area contributed by atoms with Crippen molar-refractivity contribution in [2.45, 2.75) is 38.5 Å². The van der Waals surface area contributed by atoms with Gasteiger partial charge in [0.15, 0.2) is 0 Å². The summed E-state index contributed by atoms with van der Waals surface area (Å²) in [5, 5.41) is 1.11. The summed E-state index contributed by atoms with van der Waals surface area (Å²) >= 11 is 12.0. The van der Waals surface area contributed by atoms with Gasteiger partial charge in [-0.1, -0.05) is 35.7 Å². The summed E-state index contributed by atoms with van der Waals surface area (Å²) in [5.41, 5.74) is -0.704. The van der Waals surface area contributed by atoms with Gasteiger partial charge in [0.25, 0.3) is 5.56 Å². The van der Waals surface area contributed by atoms with Crippen LogP contribution in [0.4, 0.5) is 18.9 Å². The molecular formula is C28H28Cl2F3N5O3. The van der Waals surface area contributed by atoms with E-state index in [1.165, 1.54) is 20.7 Å². The highest BCUT2D eigenvalue weighted by atomic mass is 35.5. The van der Waals surface area contributed by atoms with Crippen molar-refractivity contribution >= 4 is 51.6 Å². The number of halogens is 5. The molecule has 0 unspecified atom stereocenters. The fourth-order valence-corrected chi connectivity index (χ4v) is 5.66. The van der Waals surface area contributed by atoms with Crippen LogP contribution in [0.2, 0.25) is 10.0 Å². The zero-order valence-electron chi connectivity index (χ0n) is 22.3. The second-order valence-corrected chi connectivity index (χ2v) is 11.4. The van der Waals surface area contributed by atoms with E-state index in [1.54, 1.807) is 43.4 Å². The third-order valence-electron chi connectivity index (χ3n) is 8.03. The molecule has 0 N–H and O–H groups in total. The molecule has 0 spiro atoms. The molecule has 5 rings (SSSR count). The second-order valence-electron chi connectivity index (χ2n) is 10.6. The predicted octanol–water partition coefficient (Wildman–Crippen LogP) is 4.74. The van der Waals surface area contributed by atoms with E-state index in [-0.39, 0.29) is 50.5 Å². The quantitative estimate of drug-likeness (QED) is 0.403. The van der Waals surface area contributed by atoms with Crippen molar-refractivity contribution in [1.29, 1.82) is 0 Å². The summed E-state index contributed by atoms with van der Waals surface area (Å²) in [4.78, 5) is 48.0. The Morgan fingerprint density at radius 2 is 1.73 bits per heavy atom. The first-order valence-corrected chi connectivity index (χ1v) is 13.9. The molecule has 218 valence electrons. The molecule has 1 saturated carbocycles. The molecule has 1 aliphatic carbocycles. The number of hydrogen-bond acceptors (Lipinski definition) is 5. The minimum atomic E-state index is -4.55. The van der Waals surface area contributed by atoms with Crippen LogP contribution in [0.5, 0.6) is 0 Å². The normalized spacial score (nSPS) is 16.9. The topological polar surface area (TPSA) is 78.8 Å². The van der Waals surface area contributed by atoms with E-state index in [2.05, 4.69) is 4.98 Å². The van der Waals surface area contributed by atoms with Gasteiger partial charge in [0.2, 0.25) is 11.8 Å². The Bertz CT molecular complexity index is 1550. The molecule has 41 heavy (non-hydrogen) atoms. The van der Waals surface area contributed by atoms with Crippen molar-refractivity contribution in [3.63, 3.8) is 0 Å². The monoisotopic (exact) mass is 609 g/mol. The van der Waals surface area contributed by atoms with Crippen molar-refractivity contribution < 1.29 is 22.8 Å². The van der Waals surface area contributed by atoms with E-state index in [0.29, 0.717) is 46.1 Å². The number of carbonyl (C=O) groups excluding carboxylic acids is 2. The lowest BCUT2D eigenvalue weighted by Gasteiger charge is -2.46. The number of rotatable bonds is 6. The number of alkyl halides is 3. The predicted molar refractivity (Wildman–Crippen MR) is 150 cm³/mol. The van der Waals surface area contributed by atoms with Gasteiger partial charge in [-0.15, -0.1) is 0 Å². The highest BCUT2D eigenvalue weighted by molar-refractivity contribution is 6.42. The minimum absolute atomic E-state index is 0.158. The van der Waals surface area contributed by atoms with Crippen molar-refractivity contribution in [3.8, 4) is 0 Å². The van der Waals surface area contributed by atoms with Crippen molar-refractivity contribution in [1.82, 2.24) is 19.4 Å². The molecule has 8 nitrogen and oxygen atoms in total. The number of likely N-dealkylation sites (N-methyl/N-ethyl adjacent to an activating group) is 1. The summed E-state index contributed by atoms with van der Waals surface area (Å²) in [7, 11) is 1.62. The van der Waals surface area contributed by atoms with E-state index < -0.39 is 17.5 Å². The smallest absolute Gasteiger partial charge is 0.368 e. The number of hydrogen-bond donors (Lipinski definition) is 0. The van der Waals surface area contributed by atoms with E-state index in [9.17, 15) is 27.6 Å². The standard InChI is InChI=1S/C28H28Cl2F3N5O3/c1-35(15-18-3-5-21(29)22(30)13-18)24(39)16-38-17-34-23-6-4-19(14-20(23)25(38)40)36-9-11-37(12-10-36)26(41)27(7-2-8-27)28(31,32)33/h3-6,13-14,17H,2,7-12,15-16H2,1H3. The molecule has 2 aliphatic rings. The van der Waals surface area contributed by atoms with E-state index in [0.717, 1.165) is 5.56 Å². The van der Waals surface area contributed by atoms with E-state index in [4.69, 9.17) is 23.2 Å². The first-order chi connectivity index (χ1) is 19.4. The van der Waals surface area contributed by atoms with Crippen molar-refractivity contribution in [2.24, 2.45) is 5.41 Å². The summed E-state index contributed by atoms with van der Waals surface area (Å²) < 4.78 is 42.2. The highest BCUT2D eigenvalue weighted by Crippen LogP contribution is 2.54. The largest absolute Gasteiger partial charge is 0.403 e. The van der Waals surface area contributed by atoms with Crippen LogP contribution in [0.25, 0.3) is 10.9 Å². The number of amides is 2. The first-order valence-electron chi connectivity index (χ1n) is 13.2. The van der Waals surface area contributed by atoms with Crippen LogP contribution in [-0.4, -0.2) is 70.6 Å². The van der Waals surface area contributed by atoms with Gasteiger partial charge in [0, 0.05) is 45.5 Å². The maximum Gasteiger partial charge on any atom is 0.403 e. The number of aromatic nitrogens is 2. The molecule has 0 radical (unpaired) electrons. The molecule has 1 saturated heterocycles. The number of carbonyl (C=O) groups is 2. The van der Waals surface area contributed by atoms with E-state index >= 15 is 0 Å². The average molecular weight is 610 g/mol. The Hall–Kier alpha value is -3.31. The van der Waals surface area contributed by atoms with Crippen LogP contribution in [0.1, 0.15) is 24.8 Å². The van der Waals surface area contributed by atoms with Gasteiger partial charge in [-0.3, -0.25) is 19.0 Å². The Morgan fingerprint density at radius 3 is 2.34 bits per heavy atom. The fraction of sp³-hybridized carbons (Fsp3) is 0.429. The van der Waals surface area contributed by atoms with Crippen molar-refractivity contribution in [2.75, 3.05) is 38.1 Å². The van der Waals surface area contributed by atoms with Gasteiger partial charge in [-0.05, 0) is 48.7 Å². The van der Waals surface area contributed by atoms with Crippen LogP contribution in [-0.2, 0) is 22.7 Å². The lowest BCUT2D eigenvalue weighted by atomic mass is 9.67. The zero-order valence-corrected chi connectivity index (χ0v) is 23.8. The van der Waals surface area contributed by atoms with Crippen LogP contribution in [0.3, 0.4) is 0 Å². The van der Waals surface area contributed by atoms with Gasteiger partial charge in [-0.2, -0.15) is 13.2 Å². The molecule has 1 aliphatic heterocycles. The number of anilines is 1. The number of benzene rings is 2. The van der Waals surface area contributed by atoms with Crippen LogP contribution >= 0.6 is 23.2 Å². The SMILES string of the molecule is CN(Cc1ccc(Cl)c(Cl)c1)C(=O)Cn1cnc2ccc(N3CCN(C(=O)C4(C(F)(F)F)CCC4)CC3)cc2c1=O. The maximum absolute atomic E-state index is 13.6. The molecule has 2 amide bonds. The summed E-state index contributed by atoms with van der Waals surface area (Å²) in [6.07, 6.45) is -3.14. The van der Waals surface area contributed by atoms with Gasteiger partial charge >= 0.3 is 6.18 Å². The molecule has 13 heteroatoms. The molecule has 1 aromatic heterocycles. The fourth-order valence-electron chi connectivity index (χ4n) is 5.34. The Labute approximate surface area is 244 Å². The summed E-state index contributed by atoms with van der Waals surface area (Å²) in [6.45, 7) is 1.03. The van der Waals surface area contributed by atoms with Crippen LogP contribution in [0.15, 0.2) is 47.5 Å². The first kappa shape index (κ1) is 29.2. The van der Waals surface area contributed by atoms with E-state index in [1.807, 2.05) is 4.90 Å². The molecular weight excluding hydrogens is 582 g/mol. The maximum atomic E-state index is 13.6. The zero-order chi connectivity index (χ0) is 29.5. The second kappa shape index (κ2) is 11.2. The van der Waals surface area contributed by atoms with Crippen molar-refractivity contribution in [3.05, 3.63) is 68.7 Å². The average Bonchev–Trinajstić information content (AvgIpc) is 2.90. The molecule has 2 fully saturated rings. The number of fused-ring (bicyclic) bond motifs is 1. The van der Waals surface area contributed by atoms with Gasteiger partial charge in [-0.25, -0.2) is 4.98 Å². The number of nitrogens with zero attached hydrogens (tertiary/aromatic N) is 5. The molecule has 0 atom stereocenters. The third kappa shape index (κ3) is 5.61. The lowest BCUT2D eigenvalue weighted by molar-refractivity contribution is -0.248. The molecule has 2 heterocycles. The number of piperazine rings is 1. The Morgan fingerprint density at radius 1 is 1.02 bits per heavy atom. The minimum Gasteiger partial charge on any atom is -0.368 e. The van der Waals surface area contributed by atoms with Crippen LogP contribution < -0.4 is 10.5 Å².